The number of rotatable bonds is 7. The molecule has 3 atom stereocenters. The van der Waals surface area contributed by atoms with E-state index in [9.17, 15) is 23.9 Å². The molecule has 1 aliphatic heterocycles. The number of aliphatic hydroxyl groups is 1. The molecule has 11 heteroatoms. The number of urea groups is 2. The molecule has 0 aliphatic carbocycles. The first kappa shape index (κ1) is 29.3. The maximum atomic E-state index is 13.6. The zero-order valence-electron chi connectivity index (χ0n) is 23.1. The Balaban J connectivity index is 1.61. The van der Waals surface area contributed by atoms with E-state index in [1.807, 2.05) is 13.0 Å². The number of nitrogens with zero attached hydrogens (tertiary/aromatic N) is 2. The Labute approximate surface area is 238 Å². The molecule has 41 heavy (non-hydrogen) atoms. The van der Waals surface area contributed by atoms with Gasteiger partial charge in [-0.3, -0.25) is 4.79 Å². The van der Waals surface area contributed by atoms with E-state index in [1.165, 1.54) is 29.2 Å². The third-order valence-electron chi connectivity index (χ3n) is 6.87. The minimum absolute atomic E-state index is 0.133. The van der Waals surface area contributed by atoms with Crippen LogP contribution >= 0.6 is 0 Å². The topological polar surface area (TPSA) is 123 Å². The second kappa shape index (κ2) is 13.1. The SMILES string of the molecule is C[C@@H]1CN([C@@H](C)CO)C(=O)c2cccc(NC(=O)Nc3ccccc3)c2O[C@H]1CN(C)C(=O)Nc1ccc(F)cc1. The lowest BCUT2D eigenvalue weighted by Gasteiger charge is -2.38. The first-order valence-electron chi connectivity index (χ1n) is 13.3. The monoisotopic (exact) mass is 563 g/mol. The summed E-state index contributed by atoms with van der Waals surface area (Å²) in [6, 6.07) is 17.8. The van der Waals surface area contributed by atoms with Crippen molar-refractivity contribution in [2.75, 3.05) is 42.7 Å². The van der Waals surface area contributed by atoms with Gasteiger partial charge >= 0.3 is 12.1 Å². The number of fused-ring (bicyclic) bond motifs is 1. The molecule has 10 nitrogen and oxygen atoms in total. The van der Waals surface area contributed by atoms with Gasteiger partial charge in [-0.1, -0.05) is 31.2 Å². The summed E-state index contributed by atoms with van der Waals surface area (Å²) in [5.41, 5.74) is 1.52. The van der Waals surface area contributed by atoms with E-state index in [-0.39, 0.29) is 48.5 Å². The molecule has 0 spiro atoms. The van der Waals surface area contributed by atoms with Gasteiger partial charge in [0.1, 0.15) is 11.9 Å². The van der Waals surface area contributed by atoms with E-state index in [0.717, 1.165) is 0 Å². The van der Waals surface area contributed by atoms with Crippen LogP contribution in [-0.4, -0.2) is 71.8 Å². The Kier molecular flexibility index (Phi) is 9.41. The van der Waals surface area contributed by atoms with Gasteiger partial charge in [-0.25, -0.2) is 14.0 Å². The third kappa shape index (κ3) is 7.31. The van der Waals surface area contributed by atoms with Gasteiger partial charge in [0.25, 0.3) is 5.91 Å². The van der Waals surface area contributed by atoms with Crippen LogP contribution in [0.2, 0.25) is 0 Å². The molecule has 3 aromatic rings. The summed E-state index contributed by atoms with van der Waals surface area (Å²) in [7, 11) is 1.60. The molecule has 0 bridgehead atoms. The number of carbonyl (C=O) groups excluding carboxylic acids is 3. The highest BCUT2D eigenvalue weighted by Gasteiger charge is 2.35. The van der Waals surface area contributed by atoms with Gasteiger partial charge < -0.3 is 35.6 Å². The quantitative estimate of drug-likeness (QED) is 0.327. The van der Waals surface area contributed by atoms with Gasteiger partial charge in [0.2, 0.25) is 0 Å². The molecule has 3 aromatic carbocycles. The summed E-state index contributed by atoms with van der Waals surface area (Å²) in [6.07, 6.45) is -0.598. The highest BCUT2D eigenvalue weighted by Crippen LogP contribution is 2.35. The molecular formula is C30H34FN5O5. The second-order valence-electron chi connectivity index (χ2n) is 10.1. The number of anilines is 3. The largest absolute Gasteiger partial charge is 0.485 e. The summed E-state index contributed by atoms with van der Waals surface area (Å²) in [5, 5.41) is 18.1. The van der Waals surface area contributed by atoms with Crippen molar-refractivity contribution in [2.24, 2.45) is 5.92 Å². The number of likely N-dealkylation sites (N-methyl/N-ethyl adjacent to an activating group) is 1. The van der Waals surface area contributed by atoms with E-state index < -0.39 is 30.0 Å². The Morgan fingerprint density at radius 2 is 1.71 bits per heavy atom. The normalized spacial score (nSPS) is 17.3. The van der Waals surface area contributed by atoms with Crippen molar-refractivity contribution in [1.82, 2.24) is 9.80 Å². The Bertz CT molecular complexity index is 1370. The number of halogens is 1. The van der Waals surface area contributed by atoms with E-state index in [4.69, 9.17) is 4.74 Å². The molecule has 4 N–H and O–H groups in total. The van der Waals surface area contributed by atoms with Crippen LogP contribution in [0.1, 0.15) is 24.2 Å². The summed E-state index contributed by atoms with van der Waals surface area (Å²) < 4.78 is 19.7. The summed E-state index contributed by atoms with van der Waals surface area (Å²) >= 11 is 0. The van der Waals surface area contributed by atoms with E-state index in [0.29, 0.717) is 11.4 Å². The Hall–Kier alpha value is -4.64. The van der Waals surface area contributed by atoms with Crippen molar-refractivity contribution in [1.29, 1.82) is 0 Å². The van der Waals surface area contributed by atoms with Crippen molar-refractivity contribution < 1.29 is 28.6 Å². The number of ether oxygens (including phenoxy) is 1. The number of amides is 5. The fourth-order valence-corrected chi connectivity index (χ4v) is 4.47. The lowest BCUT2D eigenvalue weighted by atomic mass is 9.99. The molecule has 5 amide bonds. The number of carbonyl (C=O) groups is 3. The van der Waals surface area contributed by atoms with Gasteiger partial charge in [0, 0.05) is 30.9 Å². The fraction of sp³-hybridized carbons (Fsp3) is 0.300. The van der Waals surface area contributed by atoms with Crippen LogP contribution in [0, 0.1) is 11.7 Å². The predicted octanol–water partition coefficient (Wildman–Crippen LogP) is 4.85. The number of nitrogens with one attached hydrogen (secondary N) is 3. The van der Waals surface area contributed by atoms with Crippen LogP contribution in [-0.2, 0) is 0 Å². The third-order valence-corrected chi connectivity index (χ3v) is 6.87. The summed E-state index contributed by atoms with van der Waals surface area (Å²) in [5.74, 6) is -0.862. The van der Waals surface area contributed by atoms with Crippen molar-refractivity contribution in [2.45, 2.75) is 26.0 Å². The van der Waals surface area contributed by atoms with Gasteiger partial charge in [-0.05, 0) is 55.5 Å². The average molecular weight is 564 g/mol. The highest BCUT2D eigenvalue weighted by molar-refractivity contribution is 6.04. The molecule has 216 valence electrons. The molecule has 4 rings (SSSR count). The van der Waals surface area contributed by atoms with Crippen LogP contribution < -0.4 is 20.7 Å². The van der Waals surface area contributed by atoms with Crippen molar-refractivity contribution in [3.63, 3.8) is 0 Å². The maximum Gasteiger partial charge on any atom is 0.323 e. The van der Waals surface area contributed by atoms with Crippen LogP contribution in [0.4, 0.5) is 31.0 Å². The average Bonchev–Trinajstić information content (AvgIpc) is 2.96. The molecule has 0 unspecified atom stereocenters. The number of aliphatic hydroxyl groups excluding tert-OH is 1. The van der Waals surface area contributed by atoms with Crippen molar-refractivity contribution in [3.05, 3.63) is 84.2 Å². The van der Waals surface area contributed by atoms with Gasteiger partial charge in [-0.15, -0.1) is 0 Å². The zero-order valence-corrected chi connectivity index (χ0v) is 23.1. The predicted molar refractivity (Wildman–Crippen MR) is 155 cm³/mol. The standard InChI is InChI=1S/C30H34FN5O5/c1-19-16-36(20(2)18-37)28(38)24-10-7-11-25(34-29(39)32-22-8-5-4-6-9-22)27(24)41-26(19)17-35(3)30(40)33-23-14-12-21(31)13-15-23/h4-15,19-20,26,37H,16-18H2,1-3H3,(H,33,40)(H2,32,34,39)/t19-,20+,26+/m1/s1. The summed E-state index contributed by atoms with van der Waals surface area (Å²) in [6.45, 7) is 3.80. The number of benzene rings is 3. The van der Waals surface area contributed by atoms with E-state index in [2.05, 4.69) is 16.0 Å². The van der Waals surface area contributed by atoms with E-state index >= 15 is 0 Å². The number of para-hydroxylation sites is 2. The first-order valence-corrected chi connectivity index (χ1v) is 13.3. The van der Waals surface area contributed by atoms with E-state index in [1.54, 1.807) is 61.3 Å². The molecule has 1 aliphatic rings. The molecule has 0 fully saturated rings. The first-order chi connectivity index (χ1) is 19.7. The second-order valence-corrected chi connectivity index (χ2v) is 10.1. The molecular weight excluding hydrogens is 529 g/mol. The van der Waals surface area contributed by atoms with Crippen LogP contribution in [0.25, 0.3) is 0 Å². The Morgan fingerprint density at radius 3 is 2.39 bits per heavy atom. The van der Waals surface area contributed by atoms with Gasteiger partial charge in [-0.2, -0.15) is 0 Å². The summed E-state index contributed by atoms with van der Waals surface area (Å²) in [4.78, 5) is 42.4. The smallest absolute Gasteiger partial charge is 0.323 e. The molecule has 0 saturated heterocycles. The van der Waals surface area contributed by atoms with Crippen LogP contribution in [0.5, 0.6) is 5.75 Å². The molecule has 1 heterocycles. The highest BCUT2D eigenvalue weighted by atomic mass is 19.1. The maximum absolute atomic E-state index is 13.6. The fourth-order valence-electron chi connectivity index (χ4n) is 4.47. The molecule has 0 radical (unpaired) electrons. The van der Waals surface area contributed by atoms with Gasteiger partial charge in [0.15, 0.2) is 5.75 Å². The minimum atomic E-state index is -0.598. The minimum Gasteiger partial charge on any atom is -0.485 e. The van der Waals surface area contributed by atoms with Crippen molar-refractivity contribution >= 4 is 35.0 Å². The molecule has 0 saturated carbocycles. The van der Waals surface area contributed by atoms with Crippen molar-refractivity contribution in [3.8, 4) is 5.75 Å². The van der Waals surface area contributed by atoms with Crippen LogP contribution in [0.3, 0.4) is 0 Å². The Morgan fingerprint density at radius 1 is 1.02 bits per heavy atom. The zero-order chi connectivity index (χ0) is 29.5. The number of hydrogen-bond acceptors (Lipinski definition) is 5. The molecule has 0 aromatic heterocycles. The van der Waals surface area contributed by atoms with Gasteiger partial charge in [0.05, 0.1) is 30.4 Å². The lowest BCUT2D eigenvalue weighted by molar-refractivity contribution is 0.0373. The van der Waals surface area contributed by atoms with Crippen LogP contribution in [0.15, 0.2) is 72.8 Å². The lowest BCUT2D eigenvalue weighted by Crippen LogP contribution is -2.50. The number of hydrogen-bond donors (Lipinski definition) is 4.